The van der Waals surface area contributed by atoms with Crippen LogP contribution in [-0.4, -0.2) is 18.1 Å². The van der Waals surface area contributed by atoms with Gasteiger partial charge >= 0.3 is 5.97 Å². The summed E-state index contributed by atoms with van der Waals surface area (Å²) in [5, 5.41) is 3.58. The third-order valence-corrected chi connectivity index (χ3v) is 1.92. The van der Waals surface area contributed by atoms with Crippen LogP contribution >= 0.6 is 11.6 Å². The van der Waals surface area contributed by atoms with Gasteiger partial charge in [-0.25, -0.2) is 0 Å². The van der Waals surface area contributed by atoms with E-state index in [1.54, 1.807) is 12.1 Å². The van der Waals surface area contributed by atoms with E-state index in [0.29, 0.717) is 5.02 Å². The number of carbonyl (C=O) groups excluding carboxylic acids is 1. The number of rotatable bonds is 3. The van der Waals surface area contributed by atoms with E-state index in [0.717, 1.165) is 5.69 Å². The fraction of sp³-hybridized carbons (Fsp3) is 0.417. The van der Waals surface area contributed by atoms with E-state index in [4.69, 9.17) is 16.3 Å². The second kappa shape index (κ2) is 5.21. The van der Waals surface area contributed by atoms with E-state index in [1.165, 1.54) is 0 Å². The summed E-state index contributed by atoms with van der Waals surface area (Å²) < 4.78 is 5.16. The van der Waals surface area contributed by atoms with Gasteiger partial charge in [-0.15, -0.1) is 0 Å². The standard InChI is InChI=1S/C12H16ClNO2/c1-12(2,3)16-11(15)8-14-10-6-4-5-9(13)7-10/h4-7,14H,8H2,1-3H3. The van der Waals surface area contributed by atoms with Crippen molar-refractivity contribution in [3.05, 3.63) is 29.3 Å². The molecule has 3 nitrogen and oxygen atoms in total. The van der Waals surface area contributed by atoms with Crippen molar-refractivity contribution in [1.29, 1.82) is 0 Å². The maximum absolute atomic E-state index is 11.4. The van der Waals surface area contributed by atoms with Crippen LogP contribution in [0.25, 0.3) is 0 Å². The van der Waals surface area contributed by atoms with Gasteiger partial charge in [0.05, 0.1) is 0 Å². The third-order valence-electron chi connectivity index (χ3n) is 1.68. The van der Waals surface area contributed by atoms with Gasteiger partial charge in [-0.1, -0.05) is 17.7 Å². The van der Waals surface area contributed by atoms with Gasteiger partial charge in [-0.05, 0) is 39.0 Å². The number of esters is 1. The van der Waals surface area contributed by atoms with E-state index < -0.39 is 5.60 Å². The molecule has 0 spiro atoms. The average Bonchev–Trinajstić information content (AvgIpc) is 2.12. The first kappa shape index (κ1) is 12.8. The lowest BCUT2D eigenvalue weighted by Gasteiger charge is -2.19. The van der Waals surface area contributed by atoms with Crippen LogP contribution in [0.1, 0.15) is 20.8 Å². The summed E-state index contributed by atoms with van der Waals surface area (Å²) in [6.07, 6.45) is 0. The van der Waals surface area contributed by atoms with E-state index in [9.17, 15) is 4.79 Å². The molecule has 16 heavy (non-hydrogen) atoms. The minimum Gasteiger partial charge on any atom is -0.459 e. The molecule has 0 atom stereocenters. The van der Waals surface area contributed by atoms with E-state index in [2.05, 4.69) is 5.32 Å². The van der Waals surface area contributed by atoms with E-state index in [1.807, 2.05) is 32.9 Å². The topological polar surface area (TPSA) is 38.3 Å². The zero-order chi connectivity index (χ0) is 12.2. The Morgan fingerprint density at radius 1 is 1.44 bits per heavy atom. The summed E-state index contributed by atoms with van der Waals surface area (Å²) in [5.74, 6) is -0.285. The first-order valence-electron chi connectivity index (χ1n) is 5.08. The third kappa shape index (κ3) is 5.03. The van der Waals surface area contributed by atoms with Gasteiger partial charge < -0.3 is 10.1 Å². The molecule has 0 heterocycles. The molecule has 88 valence electrons. The Bertz CT molecular complexity index is 372. The van der Waals surface area contributed by atoms with Gasteiger partial charge in [0, 0.05) is 10.7 Å². The lowest BCUT2D eigenvalue weighted by molar-refractivity contribution is -0.152. The lowest BCUT2D eigenvalue weighted by atomic mass is 10.2. The van der Waals surface area contributed by atoms with Crippen molar-refractivity contribution < 1.29 is 9.53 Å². The number of ether oxygens (including phenoxy) is 1. The first-order valence-corrected chi connectivity index (χ1v) is 5.46. The van der Waals surface area contributed by atoms with Crippen molar-refractivity contribution >= 4 is 23.3 Å². The molecule has 1 N–H and O–H groups in total. The number of hydrogen-bond donors (Lipinski definition) is 1. The Morgan fingerprint density at radius 2 is 2.12 bits per heavy atom. The lowest BCUT2D eigenvalue weighted by Crippen LogP contribution is -2.28. The van der Waals surface area contributed by atoms with Gasteiger partial charge in [0.1, 0.15) is 12.1 Å². The summed E-state index contributed by atoms with van der Waals surface area (Å²) in [4.78, 5) is 11.4. The molecule has 0 radical (unpaired) electrons. The minimum absolute atomic E-state index is 0.137. The highest BCUT2D eigenvalue weighted by atomic mass is 35.5. The molecule has 0 aliphatic rings. The van der Waals surface area contributed by atoms with Crippen LogP contribution in [0, 0.1) is 0 Å². The zero-order valence-electron chi connectivity index (χ0n) is 9.71. The highest BCUT2D eigenvalue weighted by molar-refractivity contribution is 6.30. The minimum atomic E-state index is -0.451. The molecule has 0 saturated carbocycles. The molecule has 0 fully saturated rings. The first-order chi connectivity index (χ1) is 7.37. The summed E-state index contributed by atoms with van der Waals surface area (Å²) in [5.41, 5.74) is 0.353. The smallest absolute Gasteiger partial charge is 0.325 e. The molecule has 0 saturated heterocycles. The van der Waals surface area contributed by atoms with Crippen molar-refractivity contribution in [3.63, 3.8) is 0 Å². The predicted molar refractivity (Wildman–Crippen MR) is 65.8 cm³/mol. The van der Waals surface area contributed by atoms with Crippen LogP contribution < -0.4 is 5.32 Å². The van der Waals surface area contributed by atoms with Crippen LogP contribution in [0.15, 0.2) is 24.3 Å². The summed E-state index contributed by atoms with van der Waals surface area (Å²) in [6.45, 7) is 5.65. The number of hydrogen-bond acceptors (Lipinski definition) is 3. The molecule has 1 aromatic rings. The quantitative estimate of drug-likeness (QED) is 0.827. The van der Waals surface area contributed by atoms with Crippen molar-refractivity contribution in [1.82, 2.24) is 0 Å². The fourth-order valence-corrected chi connectivity index (χ4v) is 1.34. The van der Waals surface area contributed by atoms with Gasteiger partial charge in [-0.2, -0.15) is 0 Å². The fourth-order valence-electron chi connectivity index (χ4n) is 1.15. The molecular weight excluding hydrogens is 226 g/mol. The Morgan fingerprint density at radius 3 is 2.69 bits per heavy atom. The number of halogens is 1. The largest absolute Gasteiger partial charge is 0.459 e. The number of anilines is 1. The summed E-state index contributed by atoms with van der Waals surface area (Å²) in [6, 6.07) is 7.20. The van der Waals surface area contributed by atoms with Gasteiger partial charge in [0.15, 0.2) is 0 Å². The van der Waals surface area contributed by atoms with Crippen LogP contribution in [0.2, 0.25) is 5.02 Å². The van der Waals surface area contributed by atoms with Crippen molar-refractivity contribution in [2.24, 2.45) is 0 Å². The van der Waals surface area contributed by atoms with Crippen LogP contribution in [0.3, 0.4) is 0 Å². The SMILES string of the molecule is CC(C)(C)OC(=O)CNc1cccc(Cl)c1. The Hall–Kier alpha value is -1.22. The number of carbonyl (C=O) groups is 1. The molecule has 0 bridgehead atoms. The normalized spacial score (nSPS) is 11.0. The highest BCUT2D eigenvalue weighted by Gasteiger charge is 2.15. The van der Waals surface area contributed by atoms with Crippen molar-refractivity contribution in [2.75, 3.05) is 11.9 Å². The number of benzene rings is 1. The molecule has 0 aliphatic heterocycles. The Balaban J connectivity index is 2.43. The van der Waals surface area contributed by atoms with Crippen LogP contribution in [-0.2, 0) is 9.53 Å². The van der Waals surface area contributed by atoms with Gasteiger partial charge in [0.25, 0.3) is 0 Å². The van der Waals surface area contributed by atoms with Crippen LogP contribution in [0.4, 0.5) is 5.69 Å². The molecule has 0 amide bonds. The van der Waals surface area contributed by atoms with E-state index in [-0.39, 0.29) is 12.5 Å². The van der Waals surface area contributed by atoms with Crippen molar-refractivity contribution in [2.45, 2.75) is 26.4 Å². The Kier molecular flexibility index (Phi) is 4.19. The molecule has 0 aromatic heterocycles. The van der Waals surface area contributed by atoms with Crippen LogP contribution in [0.5, 0.6) is 0 Å². The Labute approximate surface area is 101 Å². The molecule has 1 aromatic carbocycles. The van der Waals surface area contributed by atoms with Crippen molar-refractivity contribution in [3.8, 4) is 0 Å². The molecule has 0 aliphatic carbocycles. The van der Waals surface area contributed by atoms with E-state index >= 15 is 0 Å². The monoisotopic (exact) mass is 241 g/mol. The molecule has 4 heteroatoms. The molecule has 0 unspecified atom stereocenters. The summed E-state index contributed by atoms with van der Waals surface area (Å²) >= 11 is 5.81. The van der Waals surface area contributed by atoms with Gasteiger partial charge in [-0.3, -0.25) is 4.79 Å². The molecule has 1 rings (SSSR count). The zero-order valence-corrected chi connectivity index (χ0v) is 10.5. The maximum Gasteiger partial charge on any atom is 0.325 e. The van der Waals surface area contributed by atoms with Gasteiger partial charge in [0.2, 0.25) is 0 Å². The number of nitrogens with one attached hydrogen (secondary N) is 1. The second-order valence-corrected chi connectivity index (χ2v) is 4.89. The molecular formula is C12H16ClNO2. The average molecular weight is 242 g/mol. The second-order valence-electron chi connectivity index (χ2n) is 4.45. The highest BCUT2D eigenvalue weighted by Crippen LogP contribution is 2.14. The predicted octanol–water partition coefficient (Wildman–Crippen LogP) is 3.09. The maximum atomic E-state index is 11.4. The summed E-state index contributed by atoms with van der Waals surface area (Å²) in [7, 11) is 0.